The van der Waals surface area contributed by atoms with E-state index < -0.39 is 5.54 Å². The number of piperazine rings is 1. The van der Waals surface area contributed by atoms with E-state index in [9.17, 15) is 14.4 Å². The van der Waals surface area contributed by atoms with Gasteiger partial charge in [0.25, 0.3) is 5.91 Å². The molecule has 1 aromatic carbocycles. The lowest BCUT2D eigenvalue weighted by molar-refractivity contribution is -0.162. The zero-order valence-electron chi connectivity index (χ0n) is 26.7. The molecule has 0 unspecified atom stereocenters. The fourth-order valence-electron chi connectivity index (χ4n) is 7.41. The number of nitrogens with one attached hydrogen (secondary N) is 2. The van der Waals surface area contributed by atoms with E-state index in [0.717, 1.165) is 74.4 Å². The normalized spacial score (nSPS) is 21.1. The maximum atomic E-state index is 13.9. The Bertz CT molecular complexity index is 1310. The molecular weight excluding hydrogens is 556 g/mol. The van der Waals surface area contributed by atoms with E-state index in [1.54, 1.807) is 12.1 Å². The average molecular weight is 607 g/mol. The van der Waals surface area contributed by atoms with Crippen molar-refractivity contribution in [2.45, 2.75) is 103 Å². The Morgan fingerprint density at radius 3 is 2.45 bits per heavy atom. The van der Waals surface area contributed by atoms with E-state index in [1.807, 2.05) is 28.6 Å². The predicted octanol–water partition coefficient (Wildman–Crippen LogP) is 3.64. The molecule has 3 fully saturated rings. The van der Waals surface area contributed by atoms with Crippen molar-refractivity contribution in [2.24, 2.45) is 5.92 Å². The third-order valence-corrected chi connectivity index (χ3v) is 10.1. The molecule has 1 aliphatic carbocycles. The number of aromatic nitrogens is 2. The zero-order valence-corrected chi connectivity index (χ0v) is 26.7. The van der Waals surface area contributed by atoms with Gasteiger partial charge in [0.1, 0.15) is 11.6 Å². The van der Waals surface area contributed by atoms with Gasteiger partial charge in [-0.05, 0) is 69.7 Å². The van der Waals surface area contributed by atoms with Crippen LogP contribution in [0.2, 0.25) is 0 Å². The van der Waals surface area contributed by atoms with Crippen molar-refractivity contribution in [1.82, 2.24) is 30.2 Å². The number of hydrogen-bond acceptors (Lipinski definition) is 6. The van der Waals surface area contributed by atoms with Crippen molar-refractivity contribution < 1.29 is 19.5 Å². The number of aryl methyl sites for hydroxylation is 1. The molecule has 5 rings (SSSR count). The quantitative estimate of drug-likeness (QED) is 0.359. The number of unbranched alkanes of at least 4 members (excludes halogenated alkanes) is 1. The minimum Gasteiger partial charge on any atom is -0.395 e. The van der Waals surface area contributed by atoms with Crippen LogP contribution in [0.5, 0.6) is 0 Å². The number of aliphatic hydroxyl groups is 1. The van der Waals surface area contributed by atoms with Gasteiger partial charge in [0.15, 0.2) is 0 Å². The summed E-state index contributed by atoms with van der Waals surface area (Å²) in [7, 11) is 0. The van der Waals surface area contributed by atoms with E-state index in [0.29, 0.717) is 30.9 Å². The van der Waals surface area contributed by atoms with Crippen LogP contribution >= 0.6 is 0 Å². The Hall–Kier alpha value is -3.24. The summed E-state index contributed by atoms with van der Waals surface area (Å²) < 4.78 is 1.91. The molecule has 44 heavy (non-hydrogen) atoms. The highest BCUT2D eigenvalue weighted by molar-refractivity contribution is 6.00. The van der Waals surface area contributed by atoms with Crippen molar-refractivity contribution in [3.8, 4) is 5.69 Å². The van der Waals surface area contributed by atoms with Gasteiger partial charge >= 0.3 is 0 Å². The first-order chi connectivity index (χ1) is 21.3. The fourth-order valence-corrected chi connectivity index (χ4v) is 7.41. The minimum atomic E-state index is -0.759. The van der Waals surface area contributed by atoms with Crippen LogP contribution in [0.25, 0.3) is 5.69 Å². The van der Waals surface area contributed by atoms with E-state index in [4.69, 9.17) is 10.2 Å². The SMILES string of the molecule is CCCCN1C(=O)[C@H](CC2CCCCC2)NC(=O)C12CCN(Cc1c(C)nn(-c3ccc(C(=O)NCCO)cc3)c1C)CC2. The molecule has 3 amide bonds. The molecule has 0 bridgehead atoms. The number of benzene rings is 1. The van der Waals surface area contributed by atoms with Crippen LogP contribution in [0.1, 0.15) is 98.4 Å². The molecule has 10 heteroatoms. The first-order valence-corrected chi connectivity index (χ1v) is 16.7. The van der Waals surface area contributed by atoms with Gasteiger partial charge in [0.05, 0.1) is 18.0 Å². The summed E-state index contributed by atoms with van der Waals surface area (Å²) in [5, 5.41) is 19.7. The van der Waals surface area contributed by atoms with Gasteiger partial charge in [-0.15, -0.1) is 0 Å². The highest BCUT2D eigenvalue weighted by atomic mass is 16.3. The number of nitrogens with zero attached hydrogens (tertiary/aromatic N) is 4. The summed E-state index contributed by atoms with van der Waals surface area (Å²) in [4.78, 5) is 44.3. The van der Waals surface area contributed by atoms with Crippen molar-refractivity contribution in [2.75, 3.05) is 32.8 Å². The predicted molar refractivity (Wildman–Crippen MR) is 169 cm³/mol. The second-order valence-corrected chi connectivity index (χ2v) is 13.0. The van der Waals surface area contributed by atoms with Gasteiger partial charge in [-0.1, -0.05) is 45.4 Å². The second kappa shape index (κ2) is 14.2. The molecule has 1 spiro atoms. The Morgan fingerprint density at radius 1 is 1.09 bits per heavy atom. The van der Waals surface area contributed by atoms with Crippen molar-refractivity contribution >= 4 is 17.7 Å². The molecule has 2 aromatic rings. The monoisotopic (exact) mass is 606 g/mol. The largest absolute Gasteiger partial charge is 0.395 e. The summed E-state index contributed by atoms with van der Waals surface area (Å²) in [6, 6.07) is 6.91. The van der Waals surface area contributed by atoms with Crippen molar-refractivity contribution in [3.63, 3.8) is 0 Å². The molecule has 2 saturated heterocycles. The summed E-state index contributed by atoms with van der Waals surface area (Å²) in [5.41, 5.74) is 3.80. The van der Waals surface area contributed by atoms with Gasteiger partial charge in [0, 0.05) is 49.5 Å². The number of likely N-dealkylation sites (tertiary alicyclic amines) is 1. The molecule has 2 aliphatic heterocycles. The smallest absolute Gasteiger partial charge is 0.251 e. The Balaban J connectivity index is 1.25. The van der Waals surface area contributed by atoms with E-state index in [-0.39, 0.29) is 36.9 Å². The van der Waals surface area contributed by atoms with E-state index in [2.05, 4.69) is 29.4 Å². The lowest BCUT2D eigenvalue weighted by atomic mass is 9.79. The lowest BCUT2D eigenvalue weighted by Gasteiger charge is -2.52. The van der Waals surface area contributed by atoms with Crippen LogP contribution in [0, 0.1) is 19.8 Å². The molecular formula is C34H50N6O4. The van der Waals surface area contributed by atoms with Crippen LogP contribution in [-0.2, 0) is 16.1 Å². The van der Waals surface area contributed by atoms with E-state index >= 15 is 0 Å². The van der Waals surface area contributed by atoms with Crippen LogP contribution in [0.15, 0.2) is 24.3 Å². The maximum Gasteiger partial charge on any atom is 0.251 e. The highest BCUT2D eigenvalue weighted by Gasteiger charge is 2.53. The molecule has 3 aliphatic rings. The standard InChI is InChI=1S/C34H50N6O4/c1-4-5-18-39-32(43)30(22-26-9-7-6-8-10-26)36-33(44)34(39)15-19-38(20-16-34)23-29-24(2)37-40(25(29)3)28-13-11-27(12-14-28)31(42)35-17-21-41/h11-14,26,30,41H,4-10,15-23H2,1-3H3,(H,35,42)(H,36,44)/t30-/m0/s1. The number of hydrogen-bond donors (Lipinski definition) is 3. The summed E-state index contributed by atoms with van der Waals surface area (Å²) in [6.07, 6.45) is 10.0. The number of carbonyl (C=O) groups excluding carboxylic acids is 3. The van der Waals surface area contributed by atoms with Gasteiger partial charge < -0.3 is 20.6 Å². The average Bonchev–Trinajstić information content (AvgIpc) is 3.32. The summed E-state index contributed by atoms with van der Waals surface area (Å²) in [6.45, 7) is 9.19. The lowest BCUT2D eigenvalue weighted by Crippen LogP contribution is -2.73. The fraction of sp³-hybridized carbons (Fsp3) is 0.647. The Morgan fingerprint density at radius 2 is 1.80 bits per heavy atom. The molecule has 1 atom stereocenters. The first kappa shape index (κ1) is 32.2. The number of carbonyl (C=O) groups is 3. The Labute approximate surface area is 261 Å². The molecule has 10 nitrogen and oxygen atoms in total. The zero-order chi connectivity index (χ0) is 31.3. The molecule has 3 heterocycles. The topological polar surface area (TPSA) is 120 Å². The van der Waals surface area contributed by atoms with Crippen LogP contribution in [0.3, 0.4) is 0 Å². The molecule has 1 aromatic heterocycles. The van der Waals surface area contributed by atoms with E-state index in [1.165, 1.54) is 19.3 Å². The van der Waals surface area contributed by atoms with Crippen molar-refractivity contribution in [3.05, 3.63) is 46.8 Å². The second-order valence-electron chi connectivity index (χ2n) is 13.0. The third kappa shape index (κ3) is 6.71. The van der Waals surface area contributed by atoms with Crippen LogP contribution in [-0.4, -0.2) is 86.8 Å². The highest BCUT2D eigenvalue weighted by Crippen LogP contribution is 2.36. The minimum absolute atomic E-state index is 0.0438. The molecule has 1 saturated carbocycles. The molecule has 240 valence electrons. The number of piperidine rings is 1. The summed E-state index contributed by atoms with van der Waals surface area (Å²) >= 11 is 0. The summed E-state index contributed by atoms with van der Waals surface area (Å²) in [5.74, 6) is 0.483. The van der Waals surface area contributed by atoms with Gasteiger partial charge in [-0.2, -0.15) is 5.10 Å². The first-order valence-electron chi connectivity index (χ1n) is 16.7. The number of aliphatic hydroxyl groups excluding tert-OH is 1. The van der Waals surface area contributed by atoms with Crippen LogP contribution < -0.4 is 10.6 Å². The number of amides is 3. The van der Waals surface area contributed by atoms with Crippen molar-refractivity contribution in [1.29, 1.82) is 0 Å². The van der Waals surface area contributed by atoms with Gasteiger partial charge in [-0.25, -0.2) is 4.68 Å². The molecule has 0 radical (unpaired) electrons. The van der Waals surface area contributed by atoms with Gasteiger partial charge in [-0.3, -0.25) is 19.3 Å². The Kier molecular flexibility index (Phi) is 10.4. The maximum absolute atomic E-state index is 13.9. The third-order valence-electron chi connectivity index (χ3n) is 10.1. The molecule has 3 N–H and O–H groups in total. The van der Waals surface area contributed by atoms with Crippen LogP contribution in [0.4, 0.5) is 0 Å². The van der Waals surface area contributed by atoms with Gasteiger partial charge in [0.2, 0.25) is 11.8 Å². The number of rotatable bonds is 11.